The summed E-state index contributed by atoms with van der Waals surface area (Å²) in [6.45, 7) is 4.50. The fourth-order valence-electron chi connectivity index (χ4n) is 1.47. The van der Waals surface area contributed by atoms with Crippen molar-refractivity contribution in [2.75, 3.05) is 19.6 Å². The third kappa shape index (κ3) is 4.75. The van der Waals surface area contributed by atoms with E-state index in [-0.39, 0.29) is 12.1 Å². The molecule has 0 unspecified atom stereocenters. The Morgan fingerprint density at radius 1 is 1.00 bits per heavy atom. The van der Waals surface area contributed by atoms with Crippen LogP contribution in [0.1, 0.15) is 18.9 Å². The van der Waals surface area contributed by atoms with Gasteiger partial charge in [-0.1, -0.05) is 6.92 Å². The fraction of sp³-hybridized carbons (Fsp3) is 0.500. The van der Waals surface area contributed by atoms with Crippen molar-refractivity contribution in [3.05, 3.63) is 35.1 Å². The van der Waals surface area contributed by atoms with E-state index in [0.29, 0.717) is 18.7 Å². The molecular formula is C12H17F3N2. The summed E-state index contributed by atoms with van der Waals surface area (Å²) in [7, 11) is 0. The van der Waals surface area contributed by atoms with Gasteiger partial charge in [0.1, 0.15) is 17.5 Å². The Kier molecular flexibility index (Phi) is 6.00. The van der Waals surface area contributed by atoms with Gasteiger partial charge in [-0.15, -0.1) is 0 Å². The van der Waals surface area contributed by atoms with Gasteiger partial charge in [0.2, 0.25) is 0 Å². The molecule has 0 saturated heterocycles. The van der Waals surface area contributed by atoms with Crippen LogP contribution in [0.3, 0.4) is 0 Å². The Hall–Kier alpha value is -1.07. The van der Waals surface area contributed by atoms with E-state index >= 15 is 0 Å². The third-order valence-electron chi connectivity index (χ3n) is 2.36. The summed E-state index contributed by atoms with van der Waals surface area (Å²) in [6.07, 6.45) is 0.873. The monoisotopic (exact) mass is 246 g/mol. The number of benzene rings is 1. The molecule has 2 nitrogen and oxygen atoms in total. The lowest BCUT2D eigenvalue weighted by Crippen LogP contribution is -2.22. The van der Waals surface area contributed by atoms with Crippen LogP contribution in [0.2, 0.25) is 0 Å². The smallest absolute Gasteiger partial charge is 0.133 e. The average Bonchev–Trinajstić information content (AvgIpc) is 2.26. The van der Waals surface area contributed by atoms with Gasteiger partial charge in [0.25, 0.3) is 0 Å². The van der Waals surface area contributed by atoms with Crippen LogP contribution >= 0.6 is 0 Å². The molecule has 0 amide bonds. The molecule has 1 aromatic rings. The minimum atomic E-state index is -0.893. The number of hydrogen-bond donors (Lipinski definition) is 2. The molecule has 0 heterocycles. The maximum atomic E-state index is 13.2. The summed E-state index contributed by atoms with van der Waals surface area (Å²) in [5.74, 6) is -2.58. The maximum Gasteiger partial charge on any atom is 0.133 e. The minimum Gasteiger partial charge on any atom is -0.317 e. The minimum absolute atomic E-state index is 0.0735. The van der Waals surface area contributed by atoms with Crippen LogP contribution in [-0.4, -0.2) is 19.6 Å². The van der Waals surface area contributed by atoms with E-state index in [4.69, 9.17) is 0 Å². The number of hydrogen-bond acceptors (Lipinski definition) is 2. The zero-order valence-electron chi connectivity index (χ0n) is 9.82. The van der Waals surface area contributed by atoms with E-state index in [0.717, 1.165) is 19.5 Å². The highest BCUT2D eigenvalue weighted by Gasteiger charge is 2.10. The lowest BCUT2D eigenvalue weighted by Gasteiger charge is -2.07. The van der Waals surface area contributed by atoms with Crippen LogP contribution in [0.25, 0.3) is 0 Å². The van der Waals surface area contributed by atoms with E-state index < -0.39 is 17.5 Å². The molecule has 17 heavy (non-hydrogen) atoms. The van der Waals surface area contributed by atoms with Crippen LogP contribution in [0.4, 0.5) is 13.2 Å². The van der Waals surface area contributed by atoms with Crippen molar-refractivity contribution in [2.45, 2.75) is 19.9 Å². The Morgan fingerprint density at radius 2 is 1.59 bits per heavy atom. The quantitative estimate of drug-likeness (QED) is 0.721. The molecule has 0 atom stereocenters. The average molecular weight is 246 g/mol. The molecule has 0 fully saturated rings. The number of nitrogens with one attached hydrogen (secondary N) is 2. The predicted molar refractivity (Wildman–Crippen MR) is 61.2 cm³/mol. The largest absolute Gasteiger partial charge is 0.317 e. The second kappa shape index (κ2) is 7.29. The standard InChI is InChI=1S/C12H17F3N2/c1-2-16-4-3-5-17-8-10-11(14)6-9(13)7-12(10)15/h6-7,16-17H,2-5,8H2,1H3. The Balaban J connectivity index is 2.36. The predicted octanol–water partition coefficient (Wildman–Crippen LogP) is 2.19. The summed E-state index contributed by atoms with van der Waals surface area (Å²) in [4.78, 5) is 0. The number of rotatable bonds is 7. The van der Waals surface area contributed by atoms with Crippen molar-refractivity contribution in [1.82, 2.24) is 10.6 Å². The molecule has 0 radical (unpaired) electrons. The molecular weight excluding hydrogens is 229 g/mol. The van der Waals surface area contributed by atoms with E-state index in [2.05, 4.69) is 10.6 Å². The Bertz CT molecular complexity index is 333. The van der Waals surface area contributed by atoms with Crippen molar-refractivity contribution in [3.63, 3.8) is 0 Å². The molecule has 5 heteroatoms. The van der Waals surface area contributed by atoms with Crippen LogP contribution in [0, 0.1) is 17.5 Å². The Labute approximate surface area is 99.2 Å². The van der Waals surface area contributed by atoms with Crippen LogP contribution in [0.5, 0.6) is 0 Å². The highest BCUT2D eigenvalue weighted by Crippen LogP contribution is 2.14. The van der Waals surface area contributed by atoms with Gasteiger partial charge in [0, 0.05) is 24.2 Å². The molecule has 96 valence electrons. The van der Waals surface area contributed by atoms with E-state index in [1.165, 1.54) is 0 Å². The van der Waals surface area contributed by atoms with Crippen molar-refractivity contribution in [2.24, 2.45) is 0 Å². The second-order valence-electron chi connectivity index (χ2n) is 3.73. The SMILES string of the molecule is CCNCCCNCc1c(F)cc(F)cc1F. The molecule has 0 bridgehead atoms. The normalized spacial score (nSPS) is 10.8. The summed E-state index contributed by atoms with van der Waals surface area (Å²) in [5, 5.41) is 6.06. The topological polar surface area (TPSA) is 24.1 Å². The first-order valence-corrected chi connectivity index (χ1v) is 5.70. The zero-order chi connectivity index (χ0) is 12.7. The van der Waals surface area contributed by atoms with Crippen molar-refractivity contribution in [3.8, 4) is 0 Å². The van der Waals surface area contributed by atoms with Crippen molar-refractivity contribution in [1.29, 1.82) is 0 Å². The molecule has 0 saturated carbocycles. The first kappa shape index (κ1) is 14.0. The van der Waals surface area contributed by atoms with E-state index in [1.807, 2.05) is 6.92 Å². The van der Waals surface area contributed by atoms with Gasteiger partial charge in [-0.2, -0.15) is 0 Å². The van der Waals surface area contributed by atoms with Gasteiger partial charge in [0.15, 0.2) is 0 Å². The lowest BCUT2D eigenvalue weighted by atomic mass is 10.2. The summed E-state index contributed by atoms with van der Waals surface area (Å²) < 4.78 is 39.0. The highest BCUT2D eigenvalue weighted by atomic mass is 19.1. The van der Waals surface area contributed by atoms with Crippen LogP contribution in [0.15, 0.2) is 12.1 Å². The molecule has 0 aromatic heterocycles. The lowest BCUT2D eigenvalue weighted by molar-refractivity contribution is 0.507. The first-order chi connectivity index (χ1) is 8.15. The summed E-state index contributed by atoms with van der Waals surface area (Å²) in [5.41, 5.74) is -0.116. The van der Waals surface area contributed by atoms with Gasteiger partial charge in [0.05, 0.1) is 0 Å². The molecule has 2 N–H and O–H groups in total. The zero-order valence-corrected chi connectivity index (χ0v) is 9.82. The molecule has 0 aliphatic rings. The summed E-state index contributed by atoms with van der Waals surface area (Å²) >= 11 is 0. The van der Waals surface area contributed by atoms with Gasteiger partial charge < -0.3 is 10.6 Å². The fourth-order valence-corrected chi connectivity index (χ4v) is 1.47. The van der Waals surface area contributed by atoms with Gasteiger partial charge in [-0.05, 0) is 26.1 Å². The van der Waals surface area contributed by atoms with Gasteiger partial charge >= 0.3 is 0 Å². The van der Waals surface area contributed by atoms with E-state index in [9.17, 15) is 13.2 Å². The third-order valence-corrected chi connectivity index (χ3v) is 2.36. The van der Waals surface area contributed by atoms with Crippen molar-refractivity contribution >= 4 is 0 Å². The molecule has 1 rings (SSSR count). The van der Waals surface area contributed by atoms with Crippen molar-refractivity contribution < 1.29 is 13.2 Å². The van der Waals surface area contributed by atoms with Crippen LogP contribution in [-0.2, 0) is 6.54 Å². The van der Waals surface area contributed by atoms with E-state index in [1.54, 1.807) is 0 Å². The maximum absolute atomic E-state index is 13.2. The molecule has 0 spiro atoms. The Morgan fingerprint density at radius 3 is 2.18 bits per heavy atom. The van der Waals surface area contributed by atoms with Gasteiger partial charge in [-0.25, -0.2) is 13.2 Å². The van der Waals surface area contributed by atoms with Crippen LogP contribution < -0.4 is 10.6 Å². The molecule has 0 aliphatic heterocycles. The highest BCUT2D eigenvalue weighted by molar-refractivity contribution is 5.20. The molecule has 1 aromatic carbocycles. The molecule has 0 aliphatic carbocycles. The first-order valence-electron chi connectivity index (χ1n) is 5.70. The van der Waals surface area contributed by atoms with Gasteiger partial charge in [-0.3, -0.25) is 0 Å². The second-order valence-corrected chi connectivity index (χ2v) is 3.73. The number of halogens is 3. The summed E-state index contributed by atoms with van der Waals surface area (Å²) in [6, 6.07) is 1.39.